The summed E-state index contributed by atoms with van der Waals surface area (Å²) in [5.74, 6) is 1.28. The first-order valence-electron chi connectivity index (χ1n) is 3.55. The Balaban J connectivity index is 2.08. The first-order chi connectivity index (χ1) is 4.43. The maximum absolute atomic E-state index is 3.84. The molecule has 9 heavy (non-hydrogen) atoms. The van der Waals surface area contributed by atoms with E-state index >= 15 is 0 Å². The predicted octanol–water partition coefficient (Wildman–Crippen LogP) is 1.31. The second-order valence-corrected chi connectivity index (χ2v) is 3.75. The molecule has 0 aromatic carbocycles. The van der Waals surface area contributed by atoms with Crippen molar-refractivity contribution in [3.05, 3.63) is 6.92 Å². The highest BCUT2D eigenvalue weighted by Crippen LogP contribution is 2.17. The van der Waals surface area contributed by atoms with Crippen LogP contribution in [0.4, 0.5) is 0 Å². The summed E-state index contributed by atoms with van der Waals surface area (Å²) in [6, 6.07) is 0. The Kier molecular flexibility index (Phi) is 3.44. The molecule has 0 aromatic rings. The third-order valence-corrected chi connectivity index (χ3v) is 2.84. The highest BCUT2D eigenvalue weighted by atomic mass is 32.2. The van der Waals surface area contributed by atoms with Crippen molar-refractivity contribution in [2.75, 3.05) is 18.8 Å². The lowest BCUT2D eigenvalue weighted by Crippen LogP contribution is -2.32. The minimum atomic E-state index is 0.844. The van der Waals surface area contributed by atoms with Crippen molar-refractivity contribution in [3.63, 3.8) is 0 Å². The van der Waals surface area contributed by atoms with E-state index < -0.39 is 0 Å². The van der Waals surface area contributed by atoms with Gasteiger partial charge < -0.3 is 5.32 Å². The van der Waals surface area contributed by atoms with Crippen LogP contribution in [0.25, 0.3) is 0 Å². The van der Waals surface area contributed by atoms with Crippen molar-refractivity contribution >= 4 is 11.8 Å². The van der Waals surface area contributed by atoms with E-state index in [1.165, 1.54) is 25.3 Å². The van der Waals surface area contributed by atoms with Crippen LogP contribution in [0.5, 0.6) is 0 Å². The summed E-state index contributed by atoms with van der Waals surface area (Å²) in [4.78, 5) is 0. The molecule has 1 unspecified atom stereocenters. The molecule has 0 aliphatic carbocycles. The Morgan fingerprint density at radius 2 is 2.56 bits per heavy atom. The number of hydrogen-bond donors (Lipinski definition) is 1. The molecule has 0 amide bonds. The van der Waals surface area contributed by atoms with Gasteiger partial charge in [-0.3, -0.25) is 0 Å². The lowest BCUT2D eigenvalue weighted by Gasteiger charge is -2.21. The topological polar surface area (TPSA) is 12.0 Å². The van der Waals surface area contributed by atoms with E-state index in [9.17, 15) is 0 Å². The quantitative estimate of drug-likeness (QED) is 0.627. The van der Waals surface area contributed by atoms with Gasteiger partial charge in [0.05, 0.1) is 0 Å². The normalized spacial score (nSPS) is 28.3. The van der Waals surface area contributed by atoms with Crippen LogP contribution in [0.15, 0.2) is 0 Å². The average molecular weight is 144 g/mol. The molecule has 0 bridgehead atoms. The van der Waals surface area contributed by atoms with Crippen LogP contribution >= 0.6 is 11.8 Å². The van der Waals surface area contributed by atoms with Gasteiger partial charge in [0, 0.05) is 24.1 Å². The zero-order valence-electron chi connectivity index (χ0n) is 5.73. The van der Waals surface area contributed by atoms with E-state index in [1.54, 1.807) is 0 Å². The largest absolute Gasteiger partial charge is 0.315 e. The van der Waals surface area contributed by atoms with Crippen molar-refractivity contribution in [1.82, 2.24) is 5.32 Å². The molecule has 1 saturated heterocycles. The van der Waals surface area contributed by atoms with Crippen LogP contribution in [0.1, 0.15) is 12.8 Å². The van der Waals surface area contributed by atoms with E-state index in [1.807, 2.05) is 0 Å². The van der Waals surface area contributed by atoms with Gasteiger partial charge in [0.2, 0.25) is 0 Å². The molecule has 1 N–H and O–H groups in total. The molecule has 1 heterocycles. The molecule has 1 aliphatic heterocycles. The van der Waals surface area contributed by atoms with E-state index in [0.29, 0.717) is 0 Å². The van der Waals surface area contributed by atoms with Crippen molar-refractivity contribution in [1.29, 1.82) is 0 Å². The van der Waals surface area contributed by atoms with Crippen LogP contribution in [-0.2, 0) is 0 Å². The number of thioether (sulfide) groups is 1. The number of hydrogen-bond acceptors (Lipinski definition) is 2. The maximum Gasteiger partial charge on any atom is 0.0172 e. The Morgan fingerprint density at radius 1 is 1.67 bits per heavy atom. The molecule has 2 heteroatoms. The second-order valence-electron chi connectivity index (χ2n) is 2.34. The van der Waals surface area contributed by atoms with Gasteiger partial charge in [-0.1, -0.05) is 13.3 Å². The van der Waals surface area contributed by atoms with E-state index in [0.717, 1.165) is 11.7 Å². The lowest BCUT2D eigenvalue weighted by atomic mass is 10.2. The molecule has 53 valence electrons. The van der Waals surface area contributed by atoms with Crippen LogP contribution in [0.2, 0.25) is 0 Å². The van der Waals surface area contributed by atoms with Gasteiger partial charge in [-0.05, 0) is 6.42 Å². The van der Waals surface area contributed by atoms with E-state index in [-0.39, 0.29) is 0 Å². The zero-order chi connectivity index (χ0) is 6.53. The predicted molar refractivity (Wildman–Crippen MR) is 43.7 cm³/mol. The van der Waals surface area contributed by atoms with Gasteiger partial charge in [0.15, 0.2) is 0 Å². The SMILES string of the molecule is [CH2]CCC1CNCCS1. The minimum Gasteiger partial charge on any atom is -0.315 e. The third-order valence-electron chi connectivity index (χ3n) is 1.53. The zero-order valence-corrected chi connectivity index (χ0v) is 6.54. The van der Waals surface area contributed by atoms with Gasteiger partial charge in [-0.15, -0.1) is 0 Å². The fourth-order valence-corrected chi connectivity index (χ4v) is 2.20. The third kappa shape index (κ3) is 2.59. The van der Waals surface area contributed by atoms with Crippen LogP contribution < -0.4 is 5.32 Å². The van der Waals surface area contributed by atoms with Gasteiger partial charge in [-0.2, -0.15) is 11.8 Å². The summed E-state index contributed by atoms with van der Waals surface area (Å²) >= 11 is 2.09. The fraction of sp³-hybridized carbons (Fsp3) is 0.857. The van der Waals surface area contributed by atoms with Gasteiger partial charge in [0.25, 0.3) is 0 Å². The second kappa shape index (κ2) is 4.18. The highest BCUT2D eigenvalue weighted by Gasteiger charge is 2.10. The minimum absolute atomic E-state index is 0.844. The molecule has 1 fully saturated rings. The smallest absolute Gasteiger partial charge is 0.0172 e. The summed E-state index contributed by atoms with van der Waals surface area (Å²) in [5, 5.41) is 4.21. The average Bonchev–Trinajstić information content (AvgIpc) is 1.91. The van der Waals surface area contributed by atoms with Gasteiger partial charge >= 0.3 is 0 Å². The van der Waals surface area contributed by atoms with Crippen molar-refractivity contribution in [2.45, 2.75) is 18.1 Å². The Bertz CT molecular complexity index is 66.6. The fourth-order valence-electron chi connectivity index (χ4n) is 1.03. The maximum atomic E-state index is 3.84. The highest BCUT2D eigenvalue weighted by molar-refractivity contribution is 8.00. The van der Waals surface area contributed by atoms with Crippen LogP contribution in [-0.4, -0.2) is 24.1 Å². The number of nitrogens with one attached hydrogen (secondary N) is 1. The number of rotatable bonds is 2. The molecular formula is C7H14NS. The standard InChI is InChI=1S/C7H14NS/c1-2-3-7-6-8-4-5-9-7/h7-8H,1-6H2. The molecule has 1 nitrogen and oxygen atoms in total. The molecule has 1 aliphatic rings. The molecule has 0 aromatic heterocycles. The molecule has 0 spiro atoms. The van der Waals surface area contributed by atoms with E-state index in [4.69, 9.17) is 0 Å². The summed E-state index contributed by atoms with van der Waals surface area (Å²) in [6.07, 6.45) is 2.36. The van der Waals surface area contributed by atoms with Gasteiger partial charge in [0.1, 0.15) is 0 Å². The summed E-state index contributed by atoms with van der Waals surface area (Å²) < 4.78 is 0. The molecule has 1 atom stereocenters. The Hall–Kier alpha value is 0.310. The summed E-state index contributed by atoms with van der Waals surface area (Å²) in [5.41, 5.74) is 0. The van der Waals surface area contributed by atoms with Crippen LogP contribution in [0, 0.1) is 6.92 Å². The first kappa shape index (κ1) is 7.42. The first-order valence-corrected chi connectivity index (χ1v) is 4.60. The van der Waals surface area contributed by atoms with Crippen molar-refractivity contribution < 1.29 is 0 Å². The van der Waals surface area contributed by atoms with E-state index in [2.05, 4.69) is 24.0 Å². The summed E-state index contributed by atoms with van der Waals surface area (Å²) in [6.45, 7) is 6.23. The van der Waals surface area contributed by atoms with Crippen LogP contribution in [0.3, 0.4) is 0 Å². The monoisotopic (exact) mass is 144 g/mol. The Labute approximate surface area is 61.6 Å². The lowest BCUT2D eigenvalue weighted by molar-refractivity contribution is 0.641. The molecule has 0 saturated carbocycles. The van der Waals surface area contributed by atoms with Crippen molar-refractivity contribution in [2.24, 2.45) is 0 Å². The molecular weight excluding hydrogens is 130 g/mol. The van der Waals surface area contributed by atoms with Gasteiger partial charge in [-0.25, -0.2) is 0 Å². The van der Waals surface area contributed by atoms with Crippen molar-refractivity contribution in [3.8, 4) is 0 Å². The Morgan fingerprint density at radius 3 is 3.11 bits per heavy atom. The molecule has 1 radical (unpaired) electrons. The summed E-state index contributed by atoms with van der Waals surface area (Å²) in [7, 11) is 0. The molecule has 1 rings (SSSR count).